The van der Waals surface area contributed by atoms with Gasteiger partial charge in [-0.2, -0.15) is 0 Å². The first-order valence-electron chi connectivity index (χ1n) is 5.76. The van der Waals surface area contributed by atoms with E-state index in [9.17, 15) is 30.0 Å². The zero-order chi connectivity index (χ0) is 14.5. The van der Waals surface area contributed by atoms with Gasteiger partial charge in [0, 0.05) is 12.8 Å². The van der Waals surface area contributed by atoms with Crippen molar-refractivity contribution in [3.8, 4) is 0 Å². The number of Topliss-reactive ketones (excluding diaryl/α,β-unsaturated/α-hetero) is 2. The molecule has 0 aromatic heterocycles. The fraction of sp³-hybridized carbons (Fsp3) is 0.500. The molecule has 1 aliphatic carbocycles. The highest BCUT2D eigenvalue weighted by Gasteiger charge is 2.62. The maximum absolute atomic E-state index is 11.7. The molecule has 0 aromatic rings. The maximum Gasteiger partial charge on any atom is 0.225 e. The predicted molar refractivity (Wildman–Crippen MR) is 68.6 cm³/mol. The summed E-state index contributed by atoms with van der Waals surface area (Å²) in [4.78, 5) is 23.4. The highest BCUT2D eigenvalue weighted by molar-refractivity contribution is 8.40. The molecule has 19 heavy (non-hydrogen) atoms. The van der Waals surface area contributed by atoms with E-state index in [1.165, 1.54) is 23.0 Å². The fourth-order valence-corrected chi connectivity index (χ4v) is 5.36. The summed E-state index contributed by atoms with van der Waals surface area (Å²) in [5.41, 5.74) is 0. The summed E-state index contributed by atoms with van der Waals surface area (Å²) in [5, 5.41) is 37.8. The molecule has 0 aromatic carbocycles. The molecule has 1 fully saturated rings. The fourth-order valence-electron chi connectivity index (χ4n) is 2.46. The van der Waals surface area contributed by atoms with Gasteiger partial charge in [-0.15, -0.1) is 0 Å². The molecule has 0 bridgehead atoms. The normalized spacial score (nSPS) is 25.3. The lowest BCUT2D eigenvalue weighted by Gasteiger charge is -2.50. The second-order valence-electron chi connectivity index (χ2n) is 4.82. The van der Waals surface area contributed by atoms with Gasteiger partial charge in [0.25, 0.3) is 0 Å². The van der Waals surface area contributed by atoms with Crippen molar-refractivity contribution in [3.63, 3.8) is 0 Å². The minimum atomic E-state index is -3.09. The Kier molecular flexibility index (Phi) is 3.23. The van der Waals surface area contributed by atoms with Crippen molar-refractivity contribution < 1.29 is 30.0 Å². The number of rotatable bonds is 3. The van der Waals surface area contributed by atoms with Gasteiger partial charge in [-0.3, -0.25) is 9.59 Å². The summed E-state index contributed by atoms with van der Waals surface area (Å²) < 4.78 is 0. The van der Waals surface area contributed by atoms with E-state index < -0.39 is 37.8 Å². The van der Waals surface area contributed by atoms with Gasteiger partial charge >= 0.3 is 0 Å². The number of allylic oxidation sites excluding steroid dienone is 2. The number of carbonyl (C=O) groups is 2. The van der Waals surface area contributed by atoms with E-state index in [0.29, 0.717) is 0 Å². The Bertz CT molecular complexity index is 457. The molecule has 1 aliphatic heterocycles. The monoisotopic (exact) mass is 288 g/mol. The molecule has 0 saturated heterocycles. The highest BCUT2D eigenvalue weighted by atomic mass is 32.3. The Balaban J connectivity index is 2.53. The van der Waals surface area contributed by atoms with Crippen molar-refractivity contribution >= 4 is 21.6 Å². The highest BCUT2D eigenvalue weighted by Crippen LogP contribution is 2.70. The largest absolute Gasteiger partial charge is 0.358 e. The Morgan fingerprint density at radius 2 is 1.47 bits per heavy atom. The van der Waals surface area contributed by atoms with E-state index in [0.717, 1.165) is 6.92 Å². The molecule has 7 heteroatoms. The molecule has 106 valence electrons. The number of carbonyl (C=O) groups excluding carboxylic acids is 2. The van der Waals surface area contributed by atoms with Crippen LogP contribution in [0, 0.1) is 5.92 Å². The van der Waals surface area contributed by atoms with E-state index in [-0.39, 0.29) is 12.8 Å². The van der Waals surface area contributed by atoms with Crippen molar-refractivity contribution in [2.75, 3.05) is 0 Å². The van der Waals surface area contributed by atoms with Crippen LogP contribution in [0.4, 0.5) is 0 Å². The Morgan fingerprint density at radius 1 is 1.05 bits per heavy atom. The molecule has 1 saturated carbocycles. The van der Waals surface area contributed by atoms with E-state index in [4.69, 9.17) is 0 Å². The maximum atomic E-state index is 11.7. The first-order chi connectivity index (χ1) is 8.63. The average molecular weight is 288 g/mol. The Morgan fingerprint density at radius 3 is 1.84 bits per heavy atom. The van der Waals surface area contributed by atoms with Gasteiger partial charge in [-0.25, -0.2) is 0 Å². The van der Waals surface area contributed by atoms with Crippen LogP contribution in [0.3, 0.4) is 0 Å². The van der Waals surface area contributed by atoms with Gasteiger partial charge in [0.1, 0.15) is 17.5 Å². The second-order valence-corrected chi connectivity index (χ2v) is 8.16. The number of aliphatic hydroxyl groups is 4. The van der Waals surface area contributed by atoms with Gasteiger partial charge in [0.2, 0.25) is 10.2 Å². The number of hydrogen-bond acceptors (Lipinski definition) is 6. The Hall–Kier alpha value is -0.990. The standard InChI is InChI=1S/C12H16O6S/c1-11(15,16)19(6-2-3-7-19)12(17,18)10-8(13)4-5-9(10)14/h2-3,6-7,10,15-18H,4-5H2,1H3. The lowest BCUT2D eigenvalue weighted by Crippen LogP contribution is -2.52. The van der Waals surface area contributed by atoms with Crippen LogP contribution in [0.15, 0.2) is 23.0 Å². The molecule has 0 unspecified atom stereocenters. The van der Waals surface area contributed by atoms with Crippen molar-refractivity contribution in [2.45, 2.75) is 30.0 Å². The van der Waals surface area contributed by atoms with Gasteiger partial charge in [0.15, 0.2) is 0 Å². The summed E-state index contributed by atoms with van der Waals surface area (Å²) in [6, 6.07) is 0. The molecule has 2 aliphatic rings. The lowest BCUT2D eigenvalue weighted by molar-refractivity contribution is -0.159. The molecule has 0 radical (unpaired) electrons. The summed E-state index contributed by atoms with van der Waals surface area (Å²) in [6.07, 6.45) is 2.77. The van der Waals surface area contributed by atoms with E-state index in [1.807, 2.05) is 0 Å². The van der Waals surface area contributed by atoms with E-state index >= 15 is 0 Å². The zero-order valence-electron chi connectivity index (χ0n) is 10.3. The third-order valence-corrected chi connectivity index (χ3v) is 7.15. The molecule has 4 N–H and O–H groups in total. The molecule has 6 nitrogen and oxygen atoms in total. The zero-order valence-corrected chi connectivity index (χ0v) is 11.1. The molecular formula is C12H16O6S. The van der Waals surface area contributed by atoms with Crippen molar-refractivity contribution in [3.05, 3.63) is 23.0 Å². The average Bonchev–Trinajstić information content (AvgIpc) is 2.85. The molecule has 1 heterocycles. The van der Waals surface area contributed by atoms with Gasteiger partial charge in [-0.05, 0) is 17.7 Å². The van der Waals surface area contributed by atoms with Gasteiger partial charge in [0.05, 0.1) is 0 Å². The third kappa shape index (κ3) is 1.89. The van der Waals surface area contributed by atoms with E-state index in [2.05, 4.69) is 0 Å². The number of ketones is 2. The SMILES string of the molecule is CC(O)(O)S1(C(O)(O)C2C(=O)CCC2=O)C=CC=C1. The molecule has 0 spiro atoms. The van der Waals surface area contributed by atoms with E-state index in [1.54, 1.807) is 0 Å². The summed E-state index contributed by atoms with van der Waals surface area (Å²) in [7, 11) is -3.09. The summed E-state index contributed by atoms with van der Waals surface area (Å²) in [6.45, 7) is 1.01. The van der Waals surface area contributed by atoms with Crippen LogP contribution in [-0.4, -0.2) is 42.2 Å². The lowest BCUT2D eigenvalue weighted by atomic mass is 10.1. The number of hydrogen-bond donors (Lipinski definition) is 4. The van der Waals surface area contributed by atoms with Crippen LogP contribution < -0.4 is 0 Å². The van der Waals surface area contributed by atoms with Crippen molar-refractivity contribution in [2.24, 2.45) is 5.92 Å². The van der Waals surface area contributed by atoms with Crippen molar-refractivity contribution in [1.29, 1.82) is 0 Å². The van der Waals surface area contributed by atoms with Gasteiger partial charge < -0.3 is 20.4 Å². The predicted octanol–water partition coefficient (Wildman–Crippen LogP) is -0.323. The van der Waals surface area contributed by atoms with Crippen LogP contribution >= 0.6 is 10.0 Å². The second kappa shape index (κ2) is 4.26. The van der Waals surface area contributed by atoms with Gasteiger partial charge in [-0.1, -0.05) is 22.2 Å². The minimum Gasteiger partial charge on any atom is -0.358 e. The van der Waals surface area contributed by atoms with Crippen LogP contribution in [0.2, 0.25) is 0 Å². The Labute approximate surface area is 111 Å². The molecule has 0 amide bonds. The van der Waals surface area contributed by atoms with Crippen molar-refractivity contribution in [1.82, 2.24) is 0 Å². The van der Waals surface area contributed by atoms with Crippen LogP contribution in [0.25, 0.3) is 0 Å². The van der Waals surface area contributed by atoms with Crippen LogP contribution in [0.1, 0.15) is 19.8 Å². The van der Waals surface area contributed by atoms with Crippen LogP contribution in [-0.2, 0) is 9.59 Å². The quantitative estimate of drug-likeness (QED) is 0.418. The molecule has 0 atom stereocenters. The topological polar surface area (TPSA) is 115 Å². The summed E-state index contributed by atoms with van der Waals surface area (Å²) in [5.74, 6) is -2.80. The first-order valence-corrected chi connectivity index (χ1v) is 7.51. The third-order valence-electron chi connectivity index (χ3n) is 3.47. The minimum absolute atomic E-state index is 0.0527. The molecule has 2 rings (SSSR count). The first kappa shape index (κ1) is 14.4. The van der Waals surface area contributed by atoms with Crippen LogP contribution in [0.5, 0.6) is 0 Å². The summed E-state index contributed by atoms with van der Waals surface area (Å²) >= 11 is 0. The smallest absolute Gasteiger partial charge is 0.225 e. The molecular weight excluding hydrogens is 272 g/mol.